The van der Waals surface area contributed by atoms with Crippen molar-refractivity contribution in [3.63, 3.8) is 0 Å². The maximum atomic E-state index is 6.06. The molecule has 7 rings (SSSR count). The Labute approximate surface area is 429 Å². The van der Waals surface area contributed by atoms with Crippen LogP contribution in [0, 0.1) is 0 Å². The third-order valence-corrected chi connectivity index (χ3v) is 13.1. The lowest BCUT2D eigenvalue weighted by Crippen LogP contribution is -2.26. The highest BCUT2D eigenvalue weighted by Gasteiger charge is 2.19. The molecule has 0 spiro atoms. The Kier molecular flexibility index (Phi) is 21.9. The zero-order chi connectivity index (χ0) is 49.8. The minimum absolute atomic E-state index is 0.581. The van der Waals surface area contributed by atoms with Crippen molar-refractivity contribution in [2.24, 2.45) is 0 Å². The number of anilines is 4. The van der Waals surface area contributed by atoms with Crippen LogP contribution in [0.2, 0.25) is 0 Å². The van der Waals surface area contributed by atoms with E-state index in [-0.39, 0.29) is 0 Å². The largest absolute Gasteiger partial charge is 0.497 e. The number of hydrogen-bond acceptors (Lipinski definition) is 9. The lowest BCUT2D eigenvalue weighted by atomic mass is 10.1. The van der Waals surface area contributed by atoms with Gasteiger partial charge in [-0.15, -0.1) is 0 Å². The fourth-order valence-corrected chi connectivity index (χ4v) is 8.91. The van der Waals surface area contributed by atoms with Crippen LogP contribution in [0.5, 0.6) is 23.0 Å². The molecule has 376 valence electrons. The van der Waals surface area contributed by atoms with Crippen molar-refractivity contribution in [1.82, 2.24) is 15.0 Å². The highest BCUT2D eigenvalue weighted by atomic mass is 16.5. The van der Waals surface area contributed by atoms with Crippen LogP contribution >= 0.6 is 0 Å². The molecule has 0 saturated carbocycles. The van der Waals surface area contributed by atoms with Gasteiger partial charge in [0.1, 0.15) is 23.0 Å². The molecule has 9 heteroatoms. The Morgan fingerprint density at radius 3 is 0.986 bits per heavy atom. The van der Waals surface area contributed by atoms with Crippen LogP contribution in [0.15, 0.2) is 164 Å². The molecular weight excluding hydrogens is 891 g/mol. The number of nitrogens with zero attached hydrogens (tertiary/aromatic N) is 5. The van der Waals surface area contributed by atoms with E-state index in [4.69, 9.17) is 33.9 Å². The maximum Gasteiger partial charge on any atom is 0.235 e. The molecule has 0 unspecified atom stereocenters. The minimum atomic E-state index is 0.581. The molecule has 0 atom stereocenters. The van der Waals surface area contributed by atoms with Gasteiger partial charge in [0.15, 0.2) is 5.82 Å². The molecule has 0 aliphatic carbocycles. The van der Waals surface area contributed by atoms with Gasteiger partial charge < -0.3 is 28.7 Å². The number of para-hydroxylation sites is 2. The molecule has 0 amide bonds. The summed E-state index contributed by atoms with van der Waals surface area (Å²) in [4.78, 5) is 19.6. The predicted molar refractivity (Wildman–Crippen MR) is 299 cm³/mol. The monoisotopic (exact) mass is 966 g/mol. The molecule has 0 N–H and O–H groups in total. The van der Waals surface area contributed by atoms with Crippen molar-refractivity contribution in [1.29, 1.82) is 0 Å². The zero-order valence-corrected chi connectivity index (χ0v) is 42.8. The molecule has 0 radical (unpaired) electrons. The van der Waals surface area contributed by atoms with Gasteiger partial charge in [0, 0.05) is 24.5 Å². The highest BCUT2D eigenvalue weighted by molar-refractivity contribution is 5.66. The molecule has 0 aliphatic heterocycles. The summed E-state index contributed by atoms with van der Waals surface area (Å²) in [6, 6.07) is 54.0. The van der Waals surface area contributed by atoms with E-state index in [1.54, 1.807) is 20.3 Å². The van der Waals surface area contributed by atoms with Crippen molar-refractivity contribution in [2.75, 3.05) is 50.3 Å². The van der Waals surface area contributed by atoms with Gasteiger partial charge in [0.25, 0.3) is 0 Å². The second kappa shape index (κ2) is 29.9. The first kappa shape index (κ1) is 52.7. The molecule has 6 aromatic carbocycles. The normalized spacial score (nSPS) is 11.0. The van der Waals surface area contributed by atoms with Gasteiger partial charge in [-0.05, 0) is 127 Å². The molecule has 9 nitrogen and oxygen atoms in total. The van der Waals surface area contributed by atoms with Gasteiger partial charge in [0.05, 0.1) is 27.4 Å². The number of ether oxygens (including phenoxy) is 4. The molecular formula is C63H75N5O4. The van der Waals surface area contributed by atoms with E-state index in [0.717, 1.165) is 99.2 Å². The fourth-order valence-electron chi connectivity index (χ4n) is 8.91. The second-order valence-corrected chi connectivity index (χ2v) is 18.3. The summed E-state index contributed by atoms with van der Waals surface area (Å²) in [5.41, 5.74) is 6.83. The maximum absolute atomic E-state index is 6.06. The van der Waals surface area contributed by atoms with Gasteiger partial charge >= 0.3 is 0 Å². The summed E-state index contributed by atoms with van der Waals surface area (Å²) in [7, 11) is 3.38. The third-order valence-electron chi connectivity index (χ3n) is 13.1. The number of benzene rings is 6. The van der Waals surface area contributed by atoms with Gasteiger partial charge in [-0.2, -0.15) is 15.0 Å². The summed E-state index contributed by atoms with van der Waals surface area (Å²) in [6.07, 6.45) is 20.5. The zero-order valence-electron chi connectivity index (χ0n) is 42.8. The van der Waals surface area contributed by atoms with Crippen molar-refractivity contribution >= 4 is 29.3 Å². The van der Waals surface area contributed by atoms with E-state index in [0.29, 0.717) is 17.7 Å². The summed E-state index contributed by atoms with van der Waals surface area (Å²) in [6.45, 7) is 7.22. The first-order chi connectivity index (χ1) is 35.6. The molecule has 1 aromatic heterocycles. The van der Waals surface area contributed by atoms with E-state index in [1.807, 2.05) is 24.3 Å². The summed E-state index contributed by atoms with van der Waals surface area (Å²) < 4.78 is 22.7. The molecule has 0 saturated heterocycles. The molecule has 0 aliphatic rings. The minimum Gasteiger partial charge on any atom is -0.497 e. The van der Waals surface area contributed by atoms with Gasteiger partial charge in [-0.1, -0.05) is 169 Å². The molecule has 0 fully saturated rings. The van der Waals surface area contributed by atoms with Crippen molar-refractivity contribution < 1.29 is 18.9 Å². The van der Waals surface area contributed by atoms with E-state index in [2.05, 4.69) is 150 Å². The Hall–Kier alpha value is -7.13. The lowest BCUT2D eigenvalue weighted by molar-refractivity contribution is 0.304. The summed E-state index contributed by atoms with van der Waals surface area (Å²) in [5, 5.41) is 0. The van der Waals surface area contributed by atoms with Crippen LogP contribution in [0.3, 0.4) is 0 Å². The van der Waals surface area contributed by atoms with Crippen LogP contribution in [-0.2, 0) is 0 Å². The average molecular weight is 966 g/mol. The number of unbranched alkanes of at least 4 members (excludes halogenated alkanes) is 14. The smallest absolute Gasteiger partial charge is 0.235 e. The third kappa shape index (κ3) is 17.0. The first-order valence-corrected chi connectivity index (χ1v) is 26.4. The van der Waals surface area contributed by atoms with Gasteiger partial charge in [-0.25, -0.2) is 0 Å². The summed E-state index contributed by atoms with van der Waals surface area (Å²) >= 11 is 0. The Morgan fingerprint density at radius 1 is 0.361 bits per heavy atom. The molecule has 1 heterocycles. The van der Waals surface area contributed by atoms with E-state index in [1.165, 1.54) is 86.5 Å². The average Bonchev–Trinajstić information content (AvgIpc) is 3.44. The van der Waals surface area contributed by atoms with Crippen LogP contribution in [0.4, 0.5) is 23.3 Å². The Bertz CT molecular complexity index is 2400. The van der Waals surface area contributed by atoms with Crippen LogP contribution < -0.4 is 28.7 Å². The summed E-state index contributed by atoms with van der Waals surface area (Å²) in [5.74, 6) is 5.47. The van der Waals surface area contributed by atoms with E-state index < -0.39 is 0 Å². The first-order valence-electron chi connectivity index (χ1n) is 26.4. The van der Waals surface area contributed by atoms with Crippen LogP contribution in [-0.4, -0.2) is 55.5 Å². The van der Waals surface area contributed by atoms with Crippen molar-refractivity contribution in [3.05, 3.63) is 170 Å². The fraction of sp³-hybridized carbons (Fsp3) is 0.349. The number of aromatic nitrogens is 3. The van der Waals surface area contributed by atoms with Crippen LogP contribution in [0.25, 0.3) is 28.3 Å². The topological polar surface area (TPSA) is 82.1 Å². The Balaban J connectivity index is 0.807. The van der Waals surface area contributed by atoms with Gasteiger partial charge in [-0.3, -0.25) is 0 Å². The SMILES string of the molecule is C=Cc1nc(N(CCCCCCCCCCOc2ccc(-c3ccc(OC)cc3)cc2)c2ccccc2)nc(N(CCCCCCCCCCOc2ccc(-c3ccc(OC)cc3)cc2)c2ccccc2)n1. The molecule has 7 aromatic rings. The molecule has 72 heavy (non-hydrogen) atoms. The lowest BCUT2D eigenvalue weighted by Gasteiger charge is -2.27. The quantitative estimate of drug-likeness (QED) is 0.0374. The van der Waals surface area contributed by atoms with Crippen LogP contribution in [0.1, 0.15) is 109 Å². The van der Waals surface area contributed by atoms with Gasteiger partial charge in [0.2, 0.25) is 11.9 Å². The van der Waals surface area contributed by atoms with Crippen molar-refractivity contribution in [3.8, 4) is 45.3 Å². The standard InChI is InChI=1S/C63H75N5O4/c1-4-61-64-62(67(55-27-19-17-20-28-55)47-23-13-9-5-7-11-15-25-49-71-59-43-35-53(36-44-59)51-31-39-57(69-2)40-32-51)66-63(65-61)68(56-29-21-18-22-30-56)48-24-14-10-6-8-12-16-26-50-72-60-45-37-54(38-46-60)52-33-41-58(70-3)42-34-52/h4,17-22,27-46H,1,5-16,23-26,47-50H2,2-3H3. The number of rotatable bonds is 33. The van der Waals surface area contributed by atoms with E-state index in [9.17, 15) is 0 Å². The van der Waals surface area contributed by atoms with Crippen molar-refractivity contribution in [2.45, 2.75) is 103 Å². The predicted octanol–water partition coefficient (Wildman–Crippen LogP) is 16.5. The number of methoxy groups -OCH3 is 2. The Morgan fingerprint density at radius 2 is 0.667 bits per heavy atom. The van der Waals surface area contributed by atoms with E-state index >= 15 is 0 Å². The highest BCUT2D eigenvalue weighted by Crippen LogP contribution is 2.30. The second-order valence-electron chi connectivity index (χ2n) is 18.3. The number of hydrogen-bond donors (Lipinski definition) is 0. The molecule has 0 bridgehead atoms.